The van der Waals surface area contributed by atoms with Crippen LogP contribution in [0.3, 0.4) is 0 Å². The summed E-state index contributed by atoms with van der Waals surface area (Å²) < 4.78 is 31.7. The van der Waals surface area contributed by atoms with E-state index in [2.05, 4.69) is 0 Å². The maximum atomic E-state index is 11.8. The van der Waals surface area contributed by atoms with Gasteiger partial charge in [-0.1, -0.05) is 0 Å². The first-order valence-corrected chi connectivity index (χ1v) is 6.06. The van der Waals surface area contributed by atoms with Crippen LogP contribution in [0.2, 0.25) is 0 Å². The van der Waals surface area contributed by atoms with Crippen LogP contribution in [-0.4, -0.2) is 56.4 Å². The average Bonchev–Trinajstić information content (AvgIpc) is 2.01. The van der Waals surface area contributed by atoms with E-state index in [-0.39, 0.29) is 12.2 Å². The van der Waals surface area contributed by atoms with Gasteiger partial charge in [0.15, 0.2) is 0 Å². The Hall–Kier alpha value is -0.170. The molecule has 0 amide bonds. The lowest BCUT2D eigenvalue weighted by atomic mass is 10.3. The van der Waals surface area contributed by atoms with Gasteiger partial charge in [-0.25, -0.2) is 0 Å². The van der Waals surface area contributed by atoms with Crippen molar-refractivity contribution < 1.29 is 13.2 Å². The van der Waals surface area contributed by atoms with Gasteiger partial charge in [0, 0.05) is 27.2 Å². The number of ether oxygens (including phenoxy) is 1. The van der Waals surface area contributed by atoms with Crippen LogP contribution < -0.4 is 0 Å². The fourth-order valence-electron chi connectivity index (χ4n) is 1.55. The molecule has 0 aromatic rings. The van der Waals surface area contributed by atoms with Gasteiger partial charge in [0.25, 0.3) is 10.2 Å². The van der Waals surface area contributed by atoms with Gasteiger partial charge >= 0.3 is 0 Å². The molecule has 0 spiro atoms. The van der Waals surface area contributed by atoms with Gasteiger partial charge in [-0.3, -0.25) is 0 Å². The standard InChI is InChI=1S/C8H18N2O3S/c1-7-5-10(6-8(2)13-7)14(11,12)9(3)4/h7-8H,5-6H2,1-4H3/t7-,8-/m0/s1. The molecule has 0 aromatic heterocycles. The van der Waals surface area contributed by atoms with Crippen LogP contribution in [0.4, 0.5) is 0 Å². The minimum atomic E-state index is -3.28. The molecule has 1 rings (SSSR count). The number of nitrogens with zero attached hydrogens (tertiary/aromatic N) is 2. The van der Waals surface area contributed by atoms with Crippen molar-refractivity contribution >= 4 is 10.2 Å². The van der Waals surface area contributed by atoms with Crippen molar-refractivity contribution in [1.82, 2.24) is 8.61 Å². The molecular formula is C8H18N2O3S. The highest BCUT2D eigenvalue weighted by Gasteiger charge is 2.32. The normalized spacial score (nSPS) is 30.9. The van der Waals surface area contributed by atoms with E-state index in [1.165, 1.54) is 8.61 Å². The SMILES string of the molecule is C[C@H]1CN(S(=O)(=O)N(C)C)C[C@H](C)O1. The van der Waals surface area contributed by atoms with E-state index in [1.54, 1.807) is 14.1 Å². The van der Waals surface area contributed by atoms with Gasteiger partial charge in [0.05, 0.1) is 12.2 Å². The van der Waals surface area contributed by atoms with Crippen LogP contribution >= 0.6 is 0 Å². The number of rotatable bonds is 2. The largest absolute Gasteiger partial charge is 0.373 e. The van der Waals surface area contributed by atoms with Gasteiger partial charge in [0.1, 0.15) is 0 Å². The summed E-state index contributed by atoms with van der Waals surface area (Å²) in [5.74, 6) is 0. The highest BCUT2D eigenvalue weighted by molar-refractivity contribution is 7.86. The Bertz CT molecular complexity index is 279. The monoisotopic (exact) mass is 222 g/mol. The molecule has 1 fully saturated rings. The summed E-state index contributed by atoms with van der Waals surface area (Å²) >= 11 is 0. The lowest BCUT2D eigenvalue weighted by Crippen LogP contribution is -2.51. The van der Waals surface area contributed by atoms with Crippen LogP contribution in [0, 0.1) is 0 Å². The minimum Gasteiger partial charge on any atom is -0.373 e. The zero-order chi connectivity index (χ0) is 10.9. The third-order valence-electron chi connectivity index (χ3n) is 2.17. The van der Waals surface area contributed by atoms with E-state index in [4.69, 9.17) is 4.74 Å². The van der Waals surface area contributed by atoms with Gasteiger partial charge < -0.3 is 4.74 Å². The lowest BCUT2D eigenvalue weighted by Gasteiger charge is -2.35. The molecule has 1 heterocycles. The van der Waals surface area contributed by atoms with E-state index >= 15 is 0 Å². The Morgan fingerprint density at radius 1 is 1.21 bits per heavy atom. The summed E-state index contributed by atoms with van der Waals surface area (Å²) in [6.45, 7) is 4.64. The summed E-state index contributed by atoms with van der Waals surface area (Å²) in [5, 5.41) is 0. The number of hydrogen-bond acceptors (Lipinski definition) is 3. The highest BCUT2D eigenvalue weighted by Crippen LogP contribution is 2.15. The summed E-state index contributed by atoms with van der Waals surface area (Å²) in [6, 6.07) is 0. The smallest absolute Gasteiger partial charge is 0.281 e. The molecule has 1 saturated heterocycles. The number of morpholine rings is 1. The first-order valence-electron chi connectivity index (χ1n) is 4.67. The molecule has 2 atom stereocenters. The van der Waals surface area contributed by atoms with Crippen LogP contribution in [0.5, 0.6) is 0 Å². The topological polar surface area (TPSA) is 49.9 Å². The van der Waals surface area contributed by atoms with Gasteiger partial charge in [-0.15, -0.1) is 0 Å². The van der Waals surface area contributed by atoms with Gasteiger partial charge in [0.2, 0.25) is 0 Å². The summed E-state index contributed by atoms with van der Waals surface area (Å²) in [5.41, 5.74) is 0. The summed E-state index contributed by atoms with van der Waals surface area (Å²) in [6.07, 6.45) is -0.0676. The molecule has 1 aliphatic rings. The second-order valence-corrected chi connectivity index (χ2v) is 6.01. The quantitative estimate of drug-likeness (QED) is 0.655. The first kappa shape index (κ1) is 11.9. The Morgan fingerprint density at radius 2 is 1.64 bits per heavy atom. The fraction of sp³-hybridized carbons (Fsp3) is 1.00. The Labute approximate surface area is 85.8 Å². The van der Waals surface area contributed by atoms with Crippen molar-refractivity contribution in [2.45, 2.75) is 26.1 Å². The molecule has 0 aliphatic carbocycles. The molecule has 6 heteroatoms. The first-order chi connectivity index (χ1) is 6.34. The Balaban J connectivity index is 2.78. The zero-order valence-corrected chi connectivity index (χ0v) is 9.91. The highest BCUT2D eigenvalue weighted by atomic mass is 32.2. The van der Waals surface area contributed by atoms with E-state index in [0.29, 0.717) is 13.1 Å². The van der Waals surface area contributed by atoms with Crippen molar-refractivity contribution in [2.24, 2.45) is 0 Å². The van der Waals surface area contributed by atoms with Crippen LogP contribution in [0.1, 0.15) is 13.8 Å². The third kappa shape index (κ3) is 2.44. The van der Waals surface area contributed by atoms with Crippen LogP contribution in [-0.2, 0) is 14.9 Å². The van der Waals surface area contributed by atoms with E-state index < -0.39 is 10.2 Å². The second-order valence-electron chi connectivity index (χ2n) is 3.86. The molecule has 14 heavy (non-hydrogen) atoms. The average molecular weight is 222 g/mol. The molecule has 0 saturated carbocycles. The molecule has 0 aromatic carbocycles. The van der Waals surface area contributed by atoms with Crippen molar-refractivity contribution in [3.8, 4) is 0 Å². The van der Waals surface area contributed by atoms with Crippen molar-refractivity contribution in [1.29, 1.82) is 0 Å². The molecule has 0 N–H and O–H groups in total. The third-order valence-corrected chi connectivity index (χ3v) is 4.05. The number of hydrogen-bond donors (Lipinski definition) is 0. The van der Waals surface area contributed by atoms with E-state index in [1.807, 2.05) is 13.8 Å². The minimum absolute atomic E-state index is 0.0338. The summed E-state index contributed by atoms with van der Waals surface area (Å²) in [7, 11) is -0.196. The molecule has 0 radical (unpaired) electrons. The van der Waals surface area contributed by atoms with Crippen LogP contribution in [0.25, 0.3) is 0 Å². The maximum absolute atomic E-state index is 11.8. The maximum Gasteiger partial charge on any atom is 0.281 e. The van der Waals surface area contributed by atoms with Gasteiger partial charge in [-0.05, 0) is 13.8 Å². The Morgan fingerprint density at radius 3 is 2.00 bits per heavy atom. The molecule has 0 bridgehead atoms. The molecule has 1 aliphatic heterocycles. The Kier molecular flexibility index (Phi) is 3.52. The van der Waals surface area contributed by atoms with E-state index in [0.717, 1.165) is 0 Å². The second kappa shape index (κ2) is 4.14. The summed E-state index contributed by atoms with van der Waals surface area (Å²) in [4.78, 5) is 0. The predicted octanol–water partition coefficient (Wildman–Crippen LogP) is -0.0980. The molecule has 5 nitrogen and oxygen atoms in total. The molecular weight excluding hydrogens is 204 g/mol. The van der Waals surface area contributed by atoms with Gasteiger partial charge in [-0.2, -0.15) is 17.0 Å². The fourth-order valence-corrected chi connectivity index (χ4v) is 2.81. The molecule has 84 valence electrons. The predicted molar refractivity (Wildman–Crippen MR) is 54.2 cm³/mol. The van der Waals surface area contributed by atoms with Crippen molar-refractivity contribution in [2.75, 3.05) is 27.2 Å². The van der Waals surface area contributed by atoms with Crippen molar-refractivity contribution in [3.05, 3.63) is 0 Å². The van der Waals surface area contributed by atoms with E-state index in [9.17, 15) is 8.42 Å². The zero-order valence-electron chi connectivity index (χ0n) is 9.10. The lowest BCUT2D eigenvalue weighted by molar-refractivity contribution is -0.0451. The molecule has 0 unspecified atom stereocenters. The van der Waals surface area contributed by atoms with Crippen LogP contribution in [0.15, 0.2) is 0 Å². The van der Waals surface area contributed by atoms with Crippen molar-refractivity contribution in [3.63, 3.8) is 0 Å².